The summed E-state index contributed by atoms with van der Waals surface area (Å²) >= 11 is 0. The molecule has 0 aromatic heterocycles. The van der Waals surface area contributed by atoms with Crippen molar-refractivity contribution in [1.82, 2.24) is 4.72 Å². The van der Waals surface area contributed by atoms with E-state index in [0.29, 0.717) is 16.9 Å². The normalized spacial score (nSPS) is 11.1. The van der Waals surface area contributed by atoms with Crippen molar-refractivity contribution in [3.8, 4) is 0 Å². The Balaban J connectivity index is 2.08. The summed E-state index contributed by atoms with van der Waals surface area (Å²) in [7, 11) is -3.59. The molecule has 0 radical (unpaired) electrons. The molecule has 2 aromatic rings. The summed E-state index contributed by atoms with van der Waals surface area (Å²) in [5.41, 5.74) is 1.19. The van der Waals surface area contributed by atoms with Gasteiger partial charge in [0, 0.05) is 23.0 Å². The van der Waals surface area contributed by atoms with Crippen LogP contribution in [-0.2, 0) is 14.8 Å². The van der Waals surface area contributed by atoms with Gasteiger partial charge in [-0.25, -0.2) is 17.9 Å². The molecule has 0 heterocycles. The Hall–Kier alpha value is -2.91. The van der Waals surface area contributed by atoms with Crippen LogP contribution in [0.5, 0.6) is 0 Å². The first-order valence-corrected chi connectivity index (χ1v) is 10.2. The van der Waals surface area contributed by atoms with Crippen LogP contribution in [0, 0.1) is 0 Å². The van der Waals surface area contributed by atoms with Crippen molar-refractivity contribution >= 4 is 33.4 Å². The van der Waals surface area contributed by atoms with E-state index in [4.69, 9.17) is 4.74 Å². The Bertz CT molecular complexity index is 940. The second-order valence-electron chi connectivity index (χ2n) is 6.18. The Morgan fingerprint density at radius 3 is 2.29 bits per heavy atom. The number of ether oxygens (including phenoxy) is 1. The third-order valence-electron chi connectivity index (χ3n) is 3.46. The van der Waals surface area contributed by atoms with Crippen molar-refractivity contribution < 1.29 is 22.7 Å². The minimum absolute atomic E-state index is 0.111. The average Bonchev–Trinajstić information content (AvgIpc) is 2.61. The van der Waals surface area contributed by atoms with Crippen LogP contribution in [0.2, 0.25) is 0 Å². The molecule has 0 saturated heterocycles. The largest absolute Gasteiger partial charge is 0.450 e. The quantitative estimate of drug-likeness (QED) is 0.655. The fourth-order valence-electron chi connectivity index (χ4n) is 2.32. The van der Waals surface area contributed by atoms with E-state index in [0.717, 1.165) is 0 Å². The molecule has 0 bridgehead atoms. The summed E-state index contributed by atoms with van der Waals surface area (Å²) in [5.74, 6) is -0.400. The van der Waals surface area contributed by atoms with Crippen LogP contribution >= 0.6 is 0 Å². The molecule has 0 spiro atoms. The van der Waals surface area contributed by atoms with Gasteiger partial charge in [-0.2, -0.15) is 0 Å². The topological polar surface area (TPSA) is 114 Å². The summed E-state index contributed by atoms with van der Waals surface area (Å²) in [6, 6.07) is 12.0. The number of benzene rings is 2. The van der Waals surface area contributed by atoms with Gasteiger partial charge in [-0.15, -0.1) is 0 Å². The predicted molar refractivity (Wildman–Crippen MR) is 107 cm³/mol. The summed E-state index contributed by atoms with van der Waals surface area (Å²) in [5, 5.41) is 5.21. The molecule has 0 fully saturated rings. The number of sulfonamides is 1. The molecule has 0 aliphatic rings. The molecular weight excluding hydrogens is 382 g/mol. The monoisotopic (exact) mass is 405 g/mol. The lowest BCUT2D eigenvalue weighted by Crippen LogP contribution is -2.30. The average molecular weight is 405 g/mol. The van der Waals surface area contributed by atoms with Crippen molar-refractivity contribution in [2.24, 2.45) is 0 Å². The van der Waals surface area contributed by atoms with Crippen LogP contribution in [0.1, 0.15) is 31.1 Å². The summed E-state index contributed by atoms with van der Waals surface area (Å²) in [4.78, 5) is 24.0. The van der Waals surface area contributed by atoms with Gasteiger partial charge < -0.3 is 10.1 Å². The number of carbonyl (C=O) groups is 2. The van der Waals surface area contributed by atoms with Gasteiger partial charge in [-0.1, -0.05) is 6.07 Å². The molecule has 8 nitrogen and oxygen atoms in total. The van der Waals surface area contributed by atoms with Crippen molar-refractivity contribution in [2.45, 2.75) is 31.7 Å². The Morgan fingerprint density at radius 2 is 1.68 bits per heavy atom. The number of hydrogen-bond donors (Lipinski definition) is 3. The minimum Gasteiger partial charge on any atom is -0.450 e. The molecule has 150 valence electrons. The maximum atomic E-state index is 12.4. The summed E-state index contributed by atoms with van der Waals surface area (Å²) in [6.07, 6.45) is -0.605. The van der Waals surface area contributed by atoms with E-state index in [9.17, 15) is 18.0 Å². The van der Waals surface area contributed by atoms with E-state index in [-0.39, 0.29) is 17.5 Å². The van der Waals surface area contributed by atoms with E-state index in [2.05, 4.69) is 15.4 Å². The van der Waals surface area contributed by atoms with Crippen LogP contribution in [0.15, 0.2) is 53.4 Å². The van der Waals surface area contributed by atoms with Gasteiger partial charge >= 0.3 is 6.09 Å². The van der Waals surface area contributed by atoms with Gasteiger partial charge in [0.05, 0.1) is 11.5 Å². The lowest BCUT2D eigenvalue weighted by atomic mass is 10.2. The lowest BCUT2D eigenvalue weighted by Gasteiger charge is -2.11. The SMILES string of the molecule is CCOC(=O)Nc1cccc(C(=O)Nc2ccc(S(=O)(=O)NC(C)C)cc2)c1. The van der Waals surface area contributed by atoms with E-state index >= 15 is 0 Å². The maximum Gasteiger partial charge on any atom is 0.411 e. The third kappa shape index (κ3) is 6.07. The van der Waals surface area contributed by atoms with Crippen LogP contribution < -0.4 is 15.4 Å². The van der Waals surface area contributed by atoms with Gasteiger partial charge in [0.15, 0.2) is 0 Å². The van der Waals surface area contributed by atoms with Crippen LogP contribution in [0.3, 0.4) is 0 Å². The highest BCUT2D eigenvalue weighted by Gasteiger charge is 2.15. The first-order valence-electron chi connectivity index (χ1n) is 8.69. The van der Waals surface area contributed by atoms with Crippen LogP contribution in [0.25, 0.3) is 0 Å². The highest BCUT2D eigenvalue weighted by Crippen LogP contribution is 2.17. The lowest BCUT2D eigenvalue weighted by molar-refractivity contribution is 0.102. The highest BCUT2D eigenvalue weighted by atomic mass is 32.2. The first kappa shape index (κ1) is 21.4. The number of hydrogen-bond acceptors (Lipinski definition) is 5. The van der Waals surface area contributed by atoms with Crippen LogP contribution in [0.4, 0.5) is 16.2 Å². The summed E-state index contributed by atoms with van der Waals surface area (Å²) in [6.45, 7) is 5.40. The van der Waals surface area contributed by atoms with Gasteiger partial charge in [-0.3, -0.25) is 10.1 Å². The number of rotatable bonds is 7. The van der Waals surface area contributed by atoms with Crippen molar-refractivity contribution in [3.63, 3.8) is 0 Å². The minimum atomic E-state index is -3.59. The van der Waals surface area contributed by atoms with Crippen molar-refractivity contribution in [3.05, 3.63) is 54.1 Å². The van der Waals surface area contributed by atoms with Crippen molar-refractivity contribution in [2.75, 3.05) is 17.2 Å². The maximum absolute atomic E-state index is 12.4. The number of anilines is 2. The zero-order valence-electron chi connectivity index (χ0n) is 15.9. The molecular formula is C19H23N3O5S. The molecule has 0 atom stereocenters. The molecule has 0 aliphatic carbocycles. The molecule has 2 rings (SSSR count). The zero-order valence-corrected chi connectivity index (χ0v) is 16.7. The molecule has 3 N–H and O–H groups in total. The Kier molecular flexibility index (Phi) is 7.13. The van der Waals surface area contributed by atoms with E-state index in [1.165, 1.54) is 30.3 Å². The second kappa shape index (κ2) is 9.34. The number of amides is 2. The third-order valence-corrected chi connectivity index (χ3v) is 5.13. The molecule has 0 unspecified atom stereocenters. The van der Waals surface area contributed by atoms with Gasteiger partial charge in [0.2, 0.25) is 10.0 Å². The molecule has 28 heavy (non-hydrogen) atoms. The zero-order chi connectivity index (χ0) is 20.7. The first-order chi connectivity index (χ1) is 13.2. The van der Waals surface area contributed by atoms with E-state index in [1.54, 1.807) is 39.0 Å². The van der Waals surface area contributed by atoms with E-state index in [1.807, 2.05) is 0 Å². The Morgan fingerprint density at radius 1 is 1.00 bits per heavy atom. The molecule has 2 amide bonds. The standard InChI is InChI=1S/C19H23N3O5S/c1-4-27-19(24)21-16-7-5-6-14(12-16)18(23)20-15-8-10-17(11-9-15)28(25,26)22-13(2)3/h5-13,22H,4H2,1-3H3,(H,20,23)(H,21,24). The Labute approximate surface area is 164 Å². The van der Waals surface area contributed by atoms with Gasteiger partial charge in [0.25, 0.3) is 5.91 Å². The fraction of sp³-hybridized carbons (Fsp3) is 0.263. The predicted octanol–water partition coefficient (Wildman–Crippen LogP) is 3.19. The molecule has 0 aliphatic heterocycles. The number of carbonyl (C=O) groups excluding carboxylic acids is 2. The molecule has 2 aromatic carbocycles. The van der Waals surface area contributed by atoms with Gasteiger partial charge in [-0.05, 0) is 63.2 Å². The fourth-order valence-corrected chi connectivity index (χ4v) is 3.57. The highest BCUT2D eigenvalue weighted by molar-refractivity contribution is 7.89. The van der Waals surface area contributed by atoms with Crippen LogP contribution in [-0.4, -0.2) is 33.1 Å². The second-order valence-corrected chi connectivity index (χ2v) is 7.89. The smallest absolute Gasteiger partial charge is 0.411 e. The summed E-state index contributed by atoms with van der Waals surface area (Å²) < 4.78 is 31.5. The number of nitrogens with one attached hydrogen (secondary N) is 3. The van der Waals surface area contributed by atoms with Gasteiger partial charge in [0.1, 0.15) is 0 Å². The van der Waals surface area contributed by atoms with Crippen molar-refractivity contribution in [1.29, 1.82) is 0 Å². The molecule has 9 heteroatoms. The molecule has 0 saturated carbocycles. The van der Waals surface area contributed by atoms with E-state index < -0.39 is 22.0 Å².